The lowest BCUT2D eigenvalue weighted by Gasteiger charge is -2.23. The quantitative estimate of drug-likeness (QED) is 0.491. The molecule has 2 aromatic heterocycles. The number of carbonyl (C=O) groups excluding carboxylic acids is 1. The number of carbonyl (C=O) groups is 1. The highest BCUT2D eigenvalue weighted by atomic mass is 16.1. The molecule has 0 aliphatic heterocycles. The van der Waals surface area contributed by atoms with Crippen LogP contribution in [0, 0.1) is 6.92 Å². The number of hydrogen-bond acceptors (Lipinski definition) is 5. The summed E-state index contributed by atoms with van der Waals surface area (Å²) in [5.41, 5.74) is 3.27. The van der Waals surface area contributed by atoms with Gasteiger partial charge in [0.2, 0.25) is 5.78 Å². The molecule has 1 fully saturated rings. The van der Waals surface area contributed by atoms with Gasteiger partial charge in [-0.25, -0.2) is 0 Å². The normalized spacial score (nSPS) is 14.6. The molecule has 1 aliphatic rings. The number of nitrogens with one attached hydrogen (secondary N) is 2. The van der Waals surface area contributed by atoms with Crippen LogP contribution in [0.5, 0.6) is 0 Å². The van der Waals surface area contributed by atoms with Gasteiger partial charge in [-0.15, -0.1) is 10.2 Å². The number of hydrogen-bond donors (Lipinski definition) is 2. The first kappa shape index (κ1) is 21.2. The topological polar surface area (TPSA) is 93.3 Å². The van der Waals surface area contributed by atoms with Crippen LogP contribution in [0.4, 0.5) is 5.69 Å². The van der Waals surface area contributed by atoms with E-state index in [9.17, 15) is 9.59 Å². The van der Waals surface area contributed by atoms with Crippen LogP contribution in [-0.4, -0.2) is 31.1 Å². The summed E-state index contributed by atoms with van der Waals surface area (Å²) in [6.07, 6.45) is 5.77. The van der Waals surface area contributed by atoms with Gasteiger partial charge in [0.05, 0.1) is 17.4 Å². The van der Waals surface area contributed by atoms with Gasteiger partial charge in [-0.05, 0) is 55.7 Å². The maximum absolute atomic E-state index is 12.7. The van der Waals surface area contributed by atoms with Gasteiger partial charge in [0.15, 0.2) is 5.82 Å². The number of aryl methyl sites for hydroxylation is 2. The van der Waals surface area contributed by atoms with Gasteiger partial charge in [-0.1, -0.05) is 31.4 Å². The minimum atomic E-state index is -0.0945. The van der Waals surface area contributed by atoms with Gasteiger partial charge >= 0.3 is 0 Å². The number of anilines is 1. The Labute approximate surface area is 191 Å². The van der Waals surface area contributed by atoms with Crippen LogP contribution in [-0.2, 0) is 13.6 Å². The number of amides is 1. The molecule has 0 radical (unpaired) electrons. The van der Waals surface area contributed by atoms with Gasteiger partial charge in [-0.2, -0.15) is 0 Å². The Morgan fingerprint density at radius 1 is 1.09 bits per heavy atom. The highest BCUT2D eigenvalue weighted by Crippen LogP contribution is 2.21. The molecule has 2 N–H and O–H groups in total. The fourth-order valence-corrected chi connectivity index (χ4v) is 4.70. The number of aromatic nitrogens is 4. The minimum Gasteiger partial charge on any atom is -0.378 e. The third-order valence-electron chi connectivity index (χ3n) is 6.56. The molecular formula is C25H28N6O2. The zero-order valence-electron chi connectivity index (χ0n) is 19.0. The van der Waals surface area contributed by atoms with E-state index >= 15 is 0 Å². The average Bonchev–Trinajstić information content (AvgIpc) is 3.26. The predicted octanol–water partition coefficient (Wildman–Crippen LogP) is 3.56. The monoisotopic (exact) mass is 444 g/mol. The molecule has 0 bridgehead atoms. The van der Waals surface area contributed by atoms with E-state index < -0.39 is 0 Å². The van der Waals surface area contributed by atoms with Crippen molar-refractivity contribution in [2.24, 2.45) is 7.05 Å². The van der Waals surface area contributed by atoms with Crippen molar-refractivity contribution >= 4 is 28.3 Å². The number of nitrogens with zero attached hydrogens (tertiary/aromatic N) is 4. The summed E-state index contributed by atoms with van der Waals surface area (Å²) in [5, 5.41) is 15.8. The summed E-state index contributed by atoms with van der Waals surface area (Å²) in [4.78, 5) is 25.3. The Kier molecular flexibility index (Phi) is 5.58. The summed E-state index contributed by atoms with van der Waals surface area (Å²) >= 11 is 0. The number of rotatable bonds is 5. The van der Waals surface area contributed by atoms with E-state index in [-0.39, 0.29) is 17.5 Å². The van der Waals surface area contributed by atoms with Crippen LogP contribution < -0.4 is 16.2 Å². The zero-order chi connectivity index (χ0) is 22.9. The lowest BCUT2D eigenvalue weighted by atomic mass is 9.95. The molecule has 1 amide bonds. The summed E-state index contributed by atoms with van der Waals surface area (Å²) in [6.45, 7) is 2.42. The standard InChI is InChI=1S/C25H28N6O2/c1-16-14-17(23(32)27-18-8-4-3-5-9-18)12-13-20(16)26-15-22-28-29-25-30(2)24(33)19-10-6-7-11-21(19)31(22)25/h6-7,10-14,18,26H,3-5,8-9,15H2,1-2H3,(H,27,32). The molecule has 8 heteroatoms. The van der Waals surface area contributed by atoms with E-state index in [4.69, 9.17) is 0 Å². The van der Waals surface area contributed by atoms with E-state index in [1.807, 2.05) is 53.8 Å². The SMILES string of the molecule is Cc1cc(C(=O)NC2CCCCC2)ccc1NCc1nnc2n(C)c(=O)c3ccccc3n12. The van der Waals surface area contributed by atoms with Crippen LogP contribution in [0.3, 0.4) is 0 Å². The van der Waals surface area contributed by atoms with Crippen molar-refractivity contribution in [3.05, 3.63) is 69.8 Å². The van der Waals surface area contributed by atoms with Crippen LogP contribution in [0.1, 0.15) is 53.8 Å². The van der Waals surface area contributed by atoms with Crippen molar-refractivity contribution in [3.8, 4) is 0 Å². The average molecular weight is 445 g/mol. The molecule has 5 rings (SSSR count). The second kappa shape index (κ2) is 8.69. The van der Waals surface area contributed by atoms with E-state index in [0.29, 0.717) is 29.1 Å². The van der Waals surface area contributed by atoms with E-state index in [1.165, 1.54) is 23.8 Å². The molecule has 2 aromatic carbocycles. The van der Waals surface area contributed by atoms with Crippen molar-refractivity contribution in [1.82, 2.24) is 24.5 Å². The Hall–Kier alpha value is -3.68. The van der Waals surface area contributed by atoms with Crippen LogP contribution >= 0.6 is 0 Å². The summed E-state index contributed by atoms with van der Waals surface area (Å²) in [7, 11) is 1.71. The molecule has 0 saturated heterocycles. The van der Waals surface area contributed by atoms with Gasteiger partial charge in [0, 0.05) is 24.3 Å². The Morgan fingerprint density at radius 2 is 1.88 bits per heavy atom. The molecule has 1 aliphatic carbocycles. The zero-order valence-corrected chi connectivity index (χ0v) is 19.0. The van der Waals surface area contributed by atoms with Gasteiger partial charge in [0.1, 0.15) is 0 Å². The molecule has 0 atom stereocenters. The smallest absolute Gasteiger partial charge is 0.262 e. The molecule has 8 nitrogen and oxygen atoms in total. The maximum Gasteiger partial charge on any atom is 0.262 e. The lowest BCUT2D eigenvalue weighted by Crippen LogP contribution is -2.36. The highest BCUT2D eigenvalue weighted by Gasteiger charge is 2.18. The third kappa shape index (κ3) is 3.97. The fourth-order valence-electron chi connectivity index (χ4n) is 4.70. The molecule has 0 unspecified atom stereocenters. The Bertz CT molecular complexity index is 1400. The molecule has 170 valence electrons. The largest absolute Gasteiger partial charge is 0.378 e. The van der Waals surface area contributed by atoms with Crippen molar-refractivity contribution in [1.29, 1.82) is 0 Å². The van der Waals surface area contributed by atoms with Crippen molar-refractivity contribution in [3.63, 3.8) is 0 Å². The summed E-state index contributed by atoms with van der Waals surface area (Å²) in [6, 6.07) is 13.5. The van der Waals surface area contributed by atoms with Crippen molar-refractivity contribution in [2.45, 2.75) is 51.6 Å². The molecule has 33 heavy (non-hydrogen) atoms. The first-order valence-electron chi connectivity index (χ1n) is 11.5. The molecular weight excluding hydrogens is 416 g/mol. The Balaban J connectivity index is 1.36. The van der Waals surface area contributed by atoms with Gasteiger partial charge in [-0.3, -0.25) is 18.6 Å². The van der Waals surface area contributed by atoms with E-state index in [2.05, 4.69) is 20.8 Å². The highest BCUT2D eigenvalue weighted by molar-refractivity contribution is 5.95. The number of para-hydroxylation sites is 1. The molecule has 0 spiro atoms. The maximum atomic E-state index is 12.7. The van der Waals surface area contributed by atoms with Crippen LogP contribution in [0.2, 0.25) is 0 Å². The van der Waals surface area contributed by atoms with Gasteiger partial charge in [0.25, 0.3) is 11.5 Å². The third-order valence-corrected chi connectivity index (χ3v) is 6.56. The second-order valence-corrected chi connectivity index (χ2v) is 8.82. The van der Waals surface area contributed by atoms with Crippen molar-refractivity contribution in [2.75, 3.05) is 5.32 Å². The first-order valence-corrected chi connectivity index (χ1v) is 11.5. The second-order valence-electron chi connectivity index (χ2n) is 8.82. The Morgan fingerprint density at radius 3 is 2.67 bits per heavy atom. The number of benzene rings is 2. The predicted molar refractivity (Wildman–Crippen MR) is 129 cm³/mol. The molecule has 1 saturated carbocycles. The first-order chi connectivity index (χ1) is 16.0. The summed E-state index contributed by atoms with van der Waals surface area (Å²) < 4.78 is 3.43. The van der Waals surface area contributed by atoms with E-state index in [1.54, 1.807) is 7.05 Å². The molecule has 4 aromatic rings. The van der Waals surface area contributed by atoms with Crippen molar-refractivity contribution < 1.29 is 4.79 Å². The minimum absolute atomic E-state index is 0.00705. The summed E-state index contributed by atoms with van der Waals surface area (Å²) in [5.74, 6) is 1.20. The van der Waals surface area contributed by atoms with Crippen LogP contribution in [0.25, 0.3) is 16.7 Å². The fraction of sp³-hybridized carbons (Fsp3) is 0.360. The number of fused-ring (bicyclic) bond motifs is 3. The van der Waals surface area contributed by atoms with Crippen LogP contribution in [0.15, 0.2) is 47.3 Å². The lowest BCUT2D eigenvalue weighted by molar-refractivity contribution is 0.0927. The molecule has 2 heterocycles. The van der Waals surface area contributed by atoms with Gasteiger partial charge < -0.3 is 10.6 Å². The van der Waals surface area contributed by atoms with E-state index in [0.717, 1.165) is 29.6 Å².